The Morgan fingerprint density at radius 1 is 0.972 bits per heavy atom. The third kappa shape index (κ3) is 3.44. The molecule has 1 aliphatic carbocycles. The highest BCUT2D eigenvalue weighted by Gasteiger charge is 2.25. The van der Waals surface area contributed by atoms with Crippen molar-refractivity contribution in [2.24, 2.45) is 5.92 Å². The van der Waals surface area contributed by atoms with Crippen molar-refractivity contribution in [2.45, 2.75) is 19.3 Å². The first kappa shape index (κ1) is 20.6. The molecule has 6 aromatic heterocycles. The van der Waals surface area contributed by atoms with Crippen LogP contribution in [0.15, 0.2) is 72.2 Å². The van der Waals surface area contributed by atoms with Gasteiger partial charge in [-0.1, -0.05) is 6.42 Å². The van der Waals surface area contributed by atoms with Gasteiger partial charge in [-0.25, -0.2) is 0 Å². The fourth-order valence-corrected chi connectivity index (χ4v) is 4.67. The number of carbonyl (C=O) groups is 1. The molecule has 1 aliphatic rings. The molecule has 0 atom stereocenters. The Labute approximate surface area is 205 Å². The summed E-state index contributed by atoms with van der Waals surface area (Å²) in [5, 5.41) is 12.6. The molecule has 176 valence electrons. The summed E-state index contributed by atoms with van der Waals surface area (Å²) in [7, 11) is 0. The highest BCUT2D eigenvalue weighted by Crippen LogP contribution is 2.34. The van der Waals surface area contributed by atoms with Crippen molar-refractivity contribution in [2.75, 3.05) is 5.32 Å². The lowest BCUT2D eigenvalue weighted by molar-refractivity contribution is -0.122. The lowest BCUT2D eigenvalue weighted by atomic mass is 9.85. The molecule has 7 rings (SSSR count). The van der Waals surface area contributed by atoms with E-state index < -0.39 is 0 Å². The molecule has 9 nitrogen and oxygen atoms in total. The maximum absolute atomic E-state index is 12.4. The molecule has 6 aromatic rings. The second kappa shape index (κ2) is 8.16. The number of pyridine rings is 3. The van der Waals surface area contributed by atoms with Crippen LogP contribution in [0, 0.1) is 5.92 Å². The number of aromatic amines is 2. The van der Waals surface area contributed by atoms with E-state index in [-0.39, 0.29) is 11.8 Å². The number of carbonyl (C=O) groups excluding carboxylic acids is 1. The van der Waals surface area contributed by atoms with Gasteiger partial charge < -0.3 is 14.7 Å². The van der Waals surface area contributed by atoms with Crippen molar-refractivity contribution in [3.05, 3.63) is 67.8 Å². The van der Waals surface area contributed by atoms with Gasteiger partial charge in [0.15, 0.2) is 0 Å². The molecule has 0 radical (unpaired) electrons. The quantitative estimate of drug-likeness (QED) is 0.300. The first-order chi connectivity index (χ1) is 17.7. The van der Waals surface area contributed by atoms with Crippen LogP contribution in [0.4, 0.5) is 5.69 Å². The van der Waals surface area contributed by atoms with Gasteiger partial charge in [-0.05, 0) is 37.1 Å². The normalized spacial score (nSPS) is 13.8. The smallest absolute Gasteiger partial charge is 0.227 e. The minimum Gasteiger partial charge on any atom is -0.472 e. The van der Waals surface area contributed by atoms with Crippen LogP contribution in [-0.4, -0.2) is 36.0 Å². The summed E-state index contributed by atoms with van der Waals surface area (Å²) in [5.41, 5.74) is 7.57. The molecule has 0 aliphatic heterocycles. The van der Waals surface area contributed by atoms with Gasteiger partial charge >= 0.3 is 0 Å². The molecule has 0 aromatic carbocycles. The maximum atomic E-state index is 12.4. The number of hydrogen-bond acceptors (Lipinski definition) is 6. The highest BCUT2D eigenvalue weighted by molar-refractivity contribution is 6.01. The van der Waals surface area contributed by atoms with Crippen molar-refractivity contribution in [3.63, 3.8) is 0 Å². The number of furan rings is 1. The summed E-state index contributed by atoms with van der Waals surface area (Å²) < 4.78 is 5.27. The van der Waals surface area contributed by atoms with E-state index in [4.69, 9.17) is 4.42 Å². The van der Waals surface area contributed by atoms with Crippen LogP contribution in [0.1, 0.15) is 19.3 Å². The van der Waals surface area contributed by atoms with Crippen molar-refractivity contribution in [3.8, 4) is 33.8 Å². The lowest BCUT2D eigenvalue weighted by Crippen LogP contribution is -2.28. The zero-order chi connectivity index (χ0) is 24.1. The van der Waals surface area contributed by atoms with Gasteiger partial charge in [0.25, 0.3) is 0 Å². The molecule has 1 saturated carbocycles. The van der Waals surface area contributed by atoms with Gasteiger partial charge in [0, 0.05) is 45.8 Å². The molecule has 36 heavy (non-hydrogen) atoms. The molecule has 0 unspecified atom stereocenters. The zero-order valence-electron chi connectivity index (χ0n) is 19.2. The summed E-state index contributed by atoms with van der Waals surface area (Å²) >= 11 is 0. The summed E-state index contributed by atoms with van der Waals surface area (Å²) in [6.07, 6.45) is 15.2. The van der Waals surface area contributed by atoms with Crippen molar-refractivity contribution in [1.82, 2.24) is 30.1 Å². The predicted molar refractivity (Wildman–Crippen MR) is 136 cm³/mol. The van der Waals surface area contributed by atoms with Crippen molar-refractivity contribution < 1.29 is 9.21 Å². The van der Waals surface area contributed by atoms with E-state index in [0.717, 1.165) is 74.8 Å². The van der Waals surface area contributed by atoms with Crippen LogP contribution in [-0.2, 0) is 4.79 Å². The molecule has 1 fully saturated rings. The zero-order valence-corrected chi connectivity index (χ0v) is 19.2. The molecule has 6 heterocycles. The van der Waals surface area contributed by atoms with Crippen molar-refractivity contribution >= 4 is 33.4 Å². The minimum absolute atomic E-state index is 0.0591. The van der Waals surface area contributed by atoms with Crippen LogP contribution in [0.25, 0.3) is 55.6 Å². The van der Waals surface area contributed by atoms with E-state index >= 15 is 0 Å². The number of rotatable bonds is 5. The lowest BCUT2D eigenvalue weighted by Gasteiger charge is -2.24. The van der Waals surface area contributed by atoms with E-state index in [1.165, 1.54) is 0 Å². The second-order valence-electron chi connectivity index (χ2n) is 9.11. The van der Waals surface area contributed by atoms with E-state index in [2.05, 4.69) is 41.5 Å². The maximum Gasteiger partial charge on any atom is 0.227 e. The average Bonchev–Trinajstić information content (AvgIpc) is 3.61. The molecule has 0 bridgehead atoms. The van der Waals surface area contributed by atoms with Gasteiger partial charge in [-0.15, -0.1) is 0 Å². The number of H-pyrrole nitrogens is 2. The summed E-state index contributed by atoms with van der Waals surface area (Å²) in [5.74, 6) is 0.168. The number of hydrogen-bond donors (Lipinski definition) is 3. The van der Waals surface area contributed by atoms with Gasteiger partial charge in [-0.3, -0.25) is 24.8 Å². The number of amides is 1. The van der Waals surface area contributed by atoms with Gasteiger partial charge in [-0.2, -0.15) is 5.10 Å². The van der Waals surface area contributed by atoms with Crippen LogP contribution in [0.3, 0.4) is 0 Å². The minimum atomic E-state index is 0.0591. The molecule has 3 N–H and O–H groups in total. The Hall–Kier alpha value is -4.79. The van der Waals surface area contributed by atoms with E-state index in [1.807, 2.05) is 24.4 Å². The monoisotopic (exact) mass is 475 g/mol. The Morgan fingerprint density at radius 3 is 2.72 bits per heavy atom. The first-order valence-corrected chi connectivity index (χ1v) is 11.8. The fraction of sp³-hybridized carbons (Fsp3) is 0.148. The number of fused-ring (bicyclic) bond motifs is 2. The van der Waals surface area contributed by atoms with Gasteiger partial charge in [0.05, 0.1) is 59.2 Å². The number of aromatic nitrogens is 6. The van der Waals surface area contributed by atoms with Gasteiger partial charge in [0.1, 0.15) is 5.69 Å². The average molecular weight is 476 g/mol. The summed E-state index contributed by atoms with van der Waals surface area (Å²) in [6.45, 7) is 0. The molecular weight excluding hydrogens is 454 g/mol. The number of anilines is 1. The topological polar surface area (TPSA) is 125 Å². The number of nitrogens with zero attached hydrogens (tertiary/aromatic N) is 4. The summed E-state index contributed by atoms with van der Waals surface area (Å²) in [4.78, 5) is 29.1. The second-order valence-corrected chi connectivity index (χ2v) is 9.11. The van der Waals surface area contributed by atoms with Crippen LogP contribution in [0.2, 0.25) is 0 Å². The first-order valence-electron chi connectivity index (χ1n) is 11.8. The Morgan fingerprint density at radius 2 is 1.89 bits per heavy atom. The fourth-order valence-electron chi connectivity index (χ4n) is 4.67. The third-order valence-corrected chi connectivity index (χ3v) is 6.86. The summed E-state index contributed by atoms with van der Waals surface area (Å²) in [6, 6.07) is 7.89. The van der Waals surface area contributed by atoms with E-state index in [9.17, 15) is 4.79 Å². The molecule has 1 amide bonds. The molecule has 0 saturated heterocycles. The largest absolute Gasteiger partial charge is 0.472 e. The highest BCUT2D eigenvalue weighted by atomic mass is 16.3. The third-order valence-electron chi connectivity index (χ3n) is 6.86. The van der Waals surface area contributed by atoms with E-state index in [1.54, 1.807) is 37.3 Å². The predicted octanol–water partition coefficient (Wildman–Crippen LogP) is 5.56. The van der Waals surface area contributed by atoms with Crippen LogP contribution in [0.5, 0.6) is 0 Å². The molecule has 9 heteroatoms. The van der Waals surface area contributed by atoms with Gasteiger partial charge in [0.2, 0.25) is 5.91 Å². The Bertz CT molecular complexity index is 1730. The standard InChI is InChI=1S/C27H21N7O2/c35-27(15-2-1-3-15)31-18-6-17(9-28-10-18)22-8-20-25(13-30-22)33-34-26(20)23-7-19-21(16-4-5-36-14-16)11-29-12-24(19)32-23/h4-15,32H,1-3H2,(H,31,35)(H,33,34). The Kier molecular flexibility index (Phi) is 4.66. The van der Waals surface area contributed by atoms with E-state index in [0.29, 0.717) is 5.69 Å². The van der Waals surface area contributed by atoms with Crippen LogP contribution >= 0.6 is 0 Å². The Balaban J connectivity index is 1.26. The molecule has 0 spiro atoms. The molecular formula is C27H21N7O2. The SMILES string of the molecule is O=C(Nc1cncc(-c2cc3c(-c4cc5c(-c6ccoc6)cncc5[nH]4)n[nH]c3cn2)c1)C1CCC1. The van der Waals surface area contributed by atoms with Crippen molar-refractivity contribution in [1.29, 1.82) is 0 Å². The number of nitrogens with one attached hydrogen (secondary N) is 3. The van der Waals surface area contributed by atoms with Crippen LogP contribution < -0.4 is 5.32 Å².